The lowest BCUT2D eigenvalue weighted by atomic mass is 9.99. The van der Waals surface area contributed by atoms with E-state index in [9.17, 15) is 25.2 Å². The van der Waals surface area contributed by atoms with E-state index in [0.717, 1.165) is 0 Å². The highest BCUT2D eigenvalue weighted by atomic mass is 16.6. The van der Waals surface area contributed by atoms with E-state index in [1.165, 1.54) is 0 Å². The third-order valence-electron chi connectivity index (χ3n) is 2.90. The molecule has 116 valence electrons. The van der Waals surface area contributed by atoms with Crippen molar-refractivity contribution in [3.05, 3.63) is 12.2 Å². The van der Waals surface area contributed by atoms with Gasteiger partial charge in [-0.25, -0.2) is 4.79 Å². The van der Waals surface area contributed by atoms with Gasteiger partial charge in [0.05, 0.1) is 12.2 Å². The highest BCUT2D eigenvalue weighted by Crippen LogP contribution is 2.20. The molecule has 6 atom stereocenters. The summed E-state index contributed by atoms with van der Waals surface area (Å²) in [4.78, 5) is 11.4. The quantitative estimate of drug-likeness (QED) is 0.221. The van der Waals surface area contributed by atoms with Crippen LogP contribution in [-0.4, -0.2) is 86.6 Å². The van der Waals surface area contributed by atoms with Crippen molar-refractivity contribution in [2.75, 3.05) is 13.2 Å². The van der Waals surface area contributed by atoms with E-state index in [1.807, 2.05) is 0 Å². The molecule has 3 unspecified atom stereocenters. The lowest BCUT2D eigenvalue weighted by Crippen LogP contribution is -2.58. The van der Waals surface area contributed by atoms with Gasteiger partial charge < -0.3 is 40.1 Å². The zero-order valence-electron chi connectivity index (χ0n) is 10.5. The first kappa shape index (κ1) is 17.0. The Morgan fingerprint density at radius 3 is 2.35 bits per heavy atom. The predicted octanol–water partition coefficient (Wildman–Crippen LogP) is -3.76. The van der Waals surface area contributed by atoms with Gasteiger partial charge in [-0.3, -0.25) is 0 Å². The maximum atomic E-state index is 11.4. The van der Waals surface area contributed by atoms with Crippen molar-refractivity contribution in [3.8, 4) is 0 Å². The Morgan fingerprint density at radius 2 is 1.80 bits per heavy atom. The van der Waals surface area contributed by atoms with Crippen molar-refractivity contribution in [2.24, 2.45) is 0 Å². The third-order valence-corrected chi connectivity index (χ3v) is 2.90. The Hall–Kier alpha value is -1.07. The molecule has 1 rings (SSSR count). The second-order valence-corrected chi connectivity index (χ2v) is 4.36. The van der Waals surface area contributed by atoms with E-state index in [4.69, 9.17) is 14.9 Å². The van der Waals surface area contributed by atoms with Crippen molar-refractivity contribution in [1.29, 1.82) is 0 Å². The molecule has 0 aromatic rings. The Kier molecular flexibility index (Phi) is 6.02. The van der Waals surface area contributed by atoms with Crippen LogP contribution in [0.5, 0.6) is 0 Å². The Morgan fingerprint density at radius 1 is 1.20 bits per heavy atom. The largest absolute Gasteiger partial charge is 0.459 e. The van der Waals surface area contributed by atoms with Crippen LogP contribution in [0.2, 0.25) is 0 Å². The lowest BCUT2D eigenvalue weighted by Gasteiger charge is -2.37. The number of hydrogen-bond donors (Lipinski definition) is 6. The molecule has 1 saturated heterocycles. The molecule has 0 aliphatic carbocycles. The number of aliphatic hydroxyl groups is 6. The molecule has 0 bridgehead atoms. The molecule has 1 heterocycles. The van der Waals surface area contributed by atoms with Crippen LogP contribution in [0.4, 0.5) is 0 Å². The first-order valence-corrected chi connectivity index (χ1v) is 5.82. The summed E-state index contributed by atoms with van der Waals surface area (Å²) in [5.41, 5.74) is -0.390. The number of carbonyl (C=O) groups is 1. The maximum absolute atomic E-state index is 11.4. The van der Waals surface area contributed by atoms with Crippen LogP contribution in [0, 0.1) is 0 Å². The van der Waals surface area contributed by atoms with Gasteiger partial charge in [0.1, 0.15) is 37.1 Å². The van der Waals surface area contributed by atoms with Crippen molar-refractivity contribution in [2.45, 2.75) is 36.8 Å². The molecule has 0 amide bonds. The van der Waals surface area contributed by atoms with Crippen LogP contribution < -0.4 is 0 Å². The number of esters is 1. The first-order chi connectivity index (χ1) is 9.29. The van der Waals surface area contributed by atoms with Gasteiger partial charge in [0.25, 0.3) is 0 Å². The Balaban J connectivity index is 2.53. The summed E-state index contributed by atoms with van der Waals surface area (Å²) in [7, 11) is 0. The summed E-state index contributed by atoms with van der Waals surface area (Å²) in [5, 5.41) is 55.3. The number of hydrogen-bond acceptors (Lipinski definition) is 9. The molecule has 9 nitrogen and oxygen atoms in total. The fraction of sp³-hybridized carbons (Fsp3) is 0.727. The zero-order chi connectivity index (χ0) is 15.4. The molecular weight excluding hydrogens is 276 g/mol. The first-order valence-electron chi connectivity index (χ1n) is 5.82. The molecule has 0 spiro atoms. The van der Waals surface area contributed by atoms with Crippen molar-refractivity contribution >= 4 is 5.97 Å². The van der Waals surface area contributed by atoms with Gasteiger partial charge in [0.15, 0.2) is 6.29 Å². The Bertz CT molecular complexity index is 358. The summed E-state index contributed by atoms with van der Waals surface area (Å²) in [5.74, 6) is -1.03. The highest BCUT2D eigenvalue weighted by Gasteiger charge is 2.43. The third kappa shape index (κ3) is 3.73. The van der Waals surface area contributed by atoms with E-state index in [0.29, 0.717) is 0 Å². The molecule has 0 radical (unpaired) electrons. The summed E-state index contributed by atoms with van der Waals surface area (Å²) >= 11 is 0. The van der Waals surface area contributed by atoms with Crippen LogP contribution in [0.25, 0.3) is 0 Å². The fourth-order valence-electron chi connectivity index (χ4n) is 1.57. The number of carbonyl (C=O) groups excluding carboxylic acids is 1. The van der Waals surface area contributed by atoms with E-state index in [2.05, 4.69) is 11.3 Å². The predicted molar refractivity (Wildman–Crippen MR) is 62.1 cm³/mol. The fourth-order valence-corrected chi connectivity index (χ4v) is 1.57. The average Bonchev–Trinajstić information content (AvgIpc) is 2.45. The van der Waals surface area contributed by atoms with Crippen molar-refractivity contribution in [3.63, 3.8) is 0 Å². The van der Waals surface area contributed by atoms with E-state index < -0.39 is 56.0 Å². The second kappa shape index (κ2) is 7.09. The van der Waals surface area contributed by atoms with Crippen LogP contribution in [0.15, 0.2) is 12.2 Å². The van der Waals surface area contributed by atoms with Crippen LogP contribution >= 0.6 is 0 Å². The average molecular weight is 294 g/mol. The smallest absolute Gasteiger partial charge is 0.336 e. The van der Waals surface area contributed by atoms with Crippen molar-refractivity contribution in [1.82, 2.24) is 0 Å². The molecule has 0 saturated carbocycles. The minimum atomic E-state index is -1.73. The van der Waals surface area contributed by atoms with Crippen LogP contribution in [0.1, 0.15) is 0 Å². The summed E-state index contributed by atoms with van der Waals surface area (Å²) in [6.45, 7) is 1.97. The normalized spacial score (nSPS) is 35.4. The molecule has 0 aromatic carbocycles. The van der Waals surface area contributed by atoms with Crippen LogP contribution in [0.3, 0.4) is 0 Å². The molecule has 0 aromatic heterocycles. The van der Waals surface area contributed by atoms with Gasteiger partial charge in [-0.1, -0.05) is 6.58 Å². The van der Waals surface area contributed by atoms with E-state index >= 15 is 0 Å². The van der Waals surface area contributed by atoms with Gasteiger partial charge in [-0.05, 0) is 0 Å². The Labute approximate surface area is 114 Å². The van der Waals surface area contributed by atoms with E-state index in [1.54, 1.807) is 0 Å². The molecule has 1 aliphatic heterocycles. The van der Waals surface area contributed by atoms with Crippen molar-refractivity contribution < 1.29 is 44.9 Å². The molecule has 1 fully saturated rings. The monoisotopic (exact) mass is 294 g/mol. The molecule has 20 heavy (non-hydrogen) atoms. The number of aliphatic hydroxyl groups excluding tert-OH is 6. The highest BCUT2D eigenvalue weighted by molar-refractivity contribution is 5.88. The topological polar surface area (TPSA) is 157 Å². The number of rotatable bonds is 5. The van der Waals surface area contributed by atoms with E-state index in [-0.39, 0.29) is 5.57 Å². The standard InChI is InChI=1S/C11H18O9/c1-4(5(13)2-12)10(17)19-3-6-7(14)8(15)9(16)11(18)20-6/h5-9,11-16,18H,1-3H2/t5-,6?,7-,8?,9?,11-/m1/s1. The molecule has 1 aliphatic rings. The number of ether oxygens (including phenoxy) is 2. The molecule has 9 heteroatoms. The van der Waals surface area contributed by atoms with Gasteiger partial charge in [0, 0.05) is 0 Å². The zero-order valence-corrected chi connectivity index (χ0v) is 10.5. The summed E-state index contributed by atoms with van der Waals surface area (Å²) in [6.07, 6.45) is -9.37. The van der Waals surface area contributed by atoms with Gasteiger partial charge in [-0.15, -0.1) is 0 Å². The summed E-state index contributed by atoms with van der Waals surface area (Å²) in [6, 6.07) is 0. The second-order valence-electron chi connectivity index (χ2n) is 4.36. The minimum absolute atomic E-state index is 0.390. The lowest BCUT2D eigenvalue weighted by molar-refractivity contribution is -0.287. The molecule has 6 N–H and O–H groups in total. The SMILES string of the molecule is C=C(C(=O)OCC1O[C@@H](O)C(O)C(O)[C@@H]1O)[C@H](O)CO. The van der Waals surface area contributed by atoms with Gasteiger partial charge in [-0.2, -0.15) is 0 Å². The maximum Gasteiger partial charge on any atom is 0.336 e. The molecular formula is C11H18O9. The summed E-state index contributed by atoms with van der Waals surface area (Å²) < 4.78 is 9.45. The van der Waals surface area contributed by atoms with Gasteiger partial charge in [0.2, 0.25) is 0 Å². The minimum Gasteiger partial charge on any atom is -0.459 e. The van der Waals surface area contributed by atoms with Gasteiger partial charge >= 0.3 is 5.97 Å². The van der Waals surface area contributed by atoms with Crippen LogP contribution in [-0.2, 0) is 14.3 Å².